The van der Waals surface area contributed by atoms with Crippen molar-refractivity contribution in [3.63, 3.8) is 0 Å². The molecule has 0 aliphatic rings. The van der Waals surface area contributed by atoms with Crippen molar-refractivity contribution >= 4 is 23.7 Å². The number of nitrogens with one attached hydrogen (secondary N) is 3. The highest BCUT2D eigenvalue weighted by Gasteiger charge is 2.29. The number of carboxylic acids is 1. The van der Waals surface area contributed by atoms with Gasteiger partial charge < -0.3 is 26.8 Å². The first kappa shape index (κ1) is 20.8. The number of aliphatic carboxylic acids is 1. The molecule has 0 aliphatic heterocycles. The highest BCUT2D eigenvalue weighted by atomic mass is 16.4. The number of nitrogens with two attached hydrogens (primary N) is 1. The summed E-state index contributed by atoms with van der Waals surface area (Å²) in [5.74, 6) is -3.00. The van der Waals surface area contributed by atoms with Crippen LogP contribution < -0.4 is 21.7 Å². The van der Waals surface area contributed by atoms with E-state index in [-0.39, 0.29) is 12.5 Å². The smallest absolute Gasteiger partial charge is 0.325 e. The predicted molar refractivity (Wildman–Crippen MR) is 83.3 cm³/mol. The average Bonchev–Trinajstić information content (AvgIpc) is 2.50. The average molecular weight is 330 g/mol. The fourth-order valence-corrected chi connectivity index (χ4v) is 1.71. The largest absolute Gasteiger partial charge is 0.480 e. The zero-order chi connectivity index (χ0) is 18.2. The van der Waals surface area contributed by atoms with E-state index >= 15 is 0 Å². The van der Waals surface area contributed by atoms with E-state index in [2.05, 4.69) is 16.0 Å². The second-order valence-corrected chi connectivity index (χ2v) is 5.43. The minimum atomic E-state index is -1.17. The Morgan fingerprint density at radius 2 is 1.52 bits per heavy atom. The summed E-state index contributed by atoms with van der Waals surface area (Å²) in [4.78, 5) is 46.3. The summed E-state index contributed by atoms with van der Waals surface area (Å²) in [5, 5.41) is 16.1. The van der Waals surface area contributed by atoms with Crippen molar-refractivity contribution in [1.82, 2.24) is 16.0 Å². The van der Waals surface area contributed by atoms with Crippen LogP contribution in [0.3, 0.4) is 0 Å². The van der Waals surface area contributed by atoms with Gasteiger partial charge in [-0.25, -0.2) is 0 Å². The maximum atomic E-state index is 12.2. The van der Waals surface area contributed by atoms with Gasteiger partial charge in [-0.3, -0.25) is 19.2 Å². The third-order valence-corrected chi connectivity index (χ3v) is 3.48. The molecule has 0 aromatic carbocycles. The maximum Gasteiger partial charge on any atom is 0.325 e. The monoisotopic (exact) mass is 330 g/mol. The number of carbonyl (C=O) groups excluding carboxylic acids is 3. The van der Waals surface area contributed by atoms with Crippen molar-refractivity contribution < 1.29 is 24.3 Å². The molecule has 0 radical (unpaired) electrons. The van der Waals surface area contributed by atoms with Crippen LogP contribution in [0.15, 0.2) is 0 Å². The Balaban J connectivity index is 4.91. The topological polar surface area (TPSA) is 151 Å². The highest BCUT2D eigenvalue weighted by molar-refractivity contribution is 5.93. The lowest BCUT2D eigenvalue weighted by atomic mass is 9.97. The van der Waals surface area contributed by atoms with E-state index in [4.69, 9.17) is 10.8 Å². The SMILES string of the molecule is CCC(C)C(NC(=O)C(C)NC(=O)CN)C(=O)NC(C)C(=O)O. The molecule has 0 aromatic heterocycles. The summed E-state index contributed by atoms with van der Waals surface area (Å²) in [5.41, 5.74) is 5.16. The molecule has 0 heterocycles. The van der Waals surface area contributed by atoms with E-state index in [0.717, 1.165) is 0 Å². The fourth-order valence-electron chi connectivity index (χ4n) is 1.71. The zero-order valence-electron chi connectivity index (χ0n) is 13.9. The van der Waals surface area contributed by atoms with Gasteiger partial charge in [0, 0.05) is 0 Å². The third-order valence-electron chi connectivity index (χ3n) is 3.48. The molecule has 9 heteroatoms. The van der Waals surface area contributed by atoms with E-state index in [1.165, 1.54) is 13.8 Å². The van der Waals surface area contributed by atoms with E-state index in [1.54, 1.807) is 6.92 Å². The van der Waals surface area contributed by atoms with Crippen LogP contribution in [0.25, 0.3) is 0 Å². The van der Waals surface area contributed by atoms with Crippen LogP contribution in [-0.2, 0) is 19.2 Å². The highest BCUT2D eigenvalue weighted by Crippen LogP contribution is 2.09. The van der Waals surface area contributed by atoms with Gasteiger partial charge in [0.05, 0.1) is 6.54 Å². The fraction of sp³-hybridized carbons (Fsp3) is 0.714. The molecule has 0 aromatic rings. The molecule has 9 nitrogen and oxygen atoms in total. The number of rotatable bonds is 9. The molecule has 0 fully saturated rings. The van der Waals surface area contributed by atoms with Crippen LogP contribution in [0.5, 0.6) is 0 Å². The van der Waals surface area contributed by atoms with Crippen LogP contribution >= 0.6 is 0 Å². The van der Waals surface area contributed by atoms with E-state index in [9.17, 15) is 19.2 Å². The Kier molecular flexibility index (Phi) is 8.86. The summed E-state index contributed by atoms with van der Waals surface area (Å²) < 4.78 is 0. The molecule has 4 unspecified atom stereocenters. The summed E-state index contributed by atoms with van der Waals surface area (Å²) >= 11 is 0. The standard InChI is InChI=1S/C14H26N4O5/c1-5-7(2)11(13(21)17-9(4)14(22)23)18-12(20)8(3)16-10(19)6-15/h7-9,11H,5-6,15H2,1-4H3,(H,16,19)(H,17,21)(H,18,20)(H,22,23). The Morgan fingerprint density at radius 3 is 1.96 bits per heavy atom. The molecule has 23 heavy (non-hydrogen) atoms. The first-order chi connectivity index (χ1) is 10.6. The zero-order valence-corrected chi connectivity index (χ0v) is 13.9. The summed E-state index contributed by atoms with van der Waals surface area (Å²) in [6.45, 7) is 6.16. The Hall–Kier alpha value is -2.16. The van der Waals surface area contributed by atoms with E-state index in [1.807, 2.05) is 6.92 Å². The van der Waals surface area contributed by atoms with E-state index in [0.29, 0.717) is 6.42 Å². The minimum absolute atomic E-state index is 0.211. The number of hydrogen-bond donors (Lipinski definition) is 5. The Bertz CT molecular complexity index is 454. The molecule has 132 valence electrons. The molecule has 0 spiro atoms. The van der Waals surface area contributed by atoms with Crippen molar-refractivity contribution in [1.29, 1.82) is 0 Å². The van der Waals surface area contributed by atoms with Crippen LogP contribution in [0.2, 0.25) is 0 Å². The van der Waals surface area contributed by atoms with Crippen molar-refractivity contribution in [2.75, 3.05) is 6.54 Å². The van der Waals surface area contributed by atoms with Gasteiger partial charge in [0.25, 0.3) is 0 Å². The molecule has 6 N–H and O–H groups in total. The van der Waals surface area contributed by atoms with Crippen LogP contribution in [-0.4, -0.2) is 53.5 Å². The lowest BCUT2D eigenvalue weighted by Gasteiger charge is -2.26. The van der Waals surface area contributed by atoms with Crippen molar-refractivity contribution in [2.24, 2.45) is 11.7 Å². The molecule has 0 bridgehead atoms. The second kappa shape index (κ2) is 9.78. The first-order valence-corrected chi connectivity index (χ1v) is 7.46. The quantitative estimate of drug-likeness (QED) is 0.350. The minimum Gasteiger partial charge on any atom is -0.480 e. The number of carboxylic acid groups (broad SMARTS) is 1. The Labute approximate surface area is 135 Å². The summed E-state index contributed by atoms with van der Waals surface area (Å²) in [7, 11) is 0. The van der Waals surface area contributed by atoms with Gasteiger partial charge in [-0.1, -0.05) is 20.3 Å². The first-order valence-electron chi connectivity index (χ1n) is 7.46. The molecule has 0 saturated carbocycles. The normalized spacial score (nSPS) is 15.7. The second-order valence-electron chi connectivity index (χ2n) is 5.43. The van der Waals surface area contributed by atoms with Crippen molar-refractivity contribution in [3.05, 3.63) is 0 Å². The van der Waals surface area contributed by atoms with Crippen molar-refractivity contribution in [2.45, 2.75) is 52.2 Å². The van der Waals surface area contributed by atoms with Gasteiger partial charge in [0.1, 0.15) is 18.1 Å². The van der Waals surface area contributed by atoms with Crippen LogP contribution in [0.4, 0.5) is 0 Å². The van der Waals surface area contributed by atoms with Gasteiger partial charge in [-0.2, -0.15) is 0 Å². The third kappa shape index (κ3) is 7.09. The lowest BCUT2D eigenvalue weighted by Crippen LogP contribution is -2.57. The molecule has 0 rings (SSSR count). The Morgan fingerprint density at radius 1 is 0.957 bits per heavy atom. The van der Waals surface area contributed by atoms with Gasteiger partial charge in [0.2, 0.25) is 17.7 Å². The summed E-state index contributed by atoms with van der Waals surface area (Å²) in [6, 6.07) is -2.82. The van der Waals surface area contributed by atoms with Gasteiger partial charge in [0.15, 0.2) is 0 Å². The predicted octanol–water partition coefficient (Wildman–Crippen LogP) is -1.43. The summed E-state index contributed by atoms with van der Waals surface area (Å²) in [6.07, 6.45) is 0.601. The number of hydrogen-bond acceptors (Lipinski definition) is 5. The molecular weight excluding hydrogens is 304 g/mol. The van der Waals surface area contributed by atoms with E-state index < -0.39 is 41.8 Å². The maximum absolute atomic E-state index is 12.2. The molecular formula is C14H26N4O5. The number of amides is 3. The van der Waals surface area contributed by atoms with Crippen LogP contribution in [0, 0.1) is 5.92 Å². The van der Waals surface area contributed by atoms with Crippen molar-refractivity contribution in [3.8, 4) is 0 Å². The molecule has 3 amide bonds. The van der Waals surface area contributed by atoms with Crippen LogP contribution in [0.1, 0.15) is 34.1 Å². The molecule has 0 aliphatic carbocycles. The van der Waals surface area contributed by atoms with Gasteiger partial charge in [-0.05, 0) is 19.8 Å². The number of carbonyl (C=O) groups is 4. The lowest BCUT2D eigenvalue weighted by molar-refractivity contribution is -0.142. The molecule has 4 atom stereocenters. The molecule has 0 saturated heterocycles. The van der Waals surface area contributed by atoms with Gasteiger partial charge in [-0.15, -0.1) is 0 Å². The van der Waals surface area contributed by atoms with Gasteiger partial charge >= 0.3 is 5.97 Å².